The fraction of sp³-hybridized carbons (Fsp3) is 0.423. The molecule has 1 amide bonds. The van der Waals surface area contributed by atoms with Gasteiger partial charge in [-0.25, -0.2) is 0 Å². The molecule has 10 heteroatoms. The Kier molecular flexibility index (Phi) is 11.9. The van der Waals surface area contributed by atoms with Gasteiger partial charge in [-0.1, -0.05) is 49.2 Å². The monoisotopic (exact) mass is 546 g/mol. The molecule has 198 valence electrons. The molecule has 0 spiro atoms. The lowest BCUT2D eigenvalue weighted by molar-refractivity contribution is -0.170. The molecule has 36 heavy (non-hydrogen) atoms. The first-order valence-electron chi connectivity index (χ1n) is 11.6. The molecular weight excluding hydrogens is 516 g/mol. The highest BCUT2D eigenvalue weighted by Gasteiger charge is 2.43. The number of carbonyl (C=O) groups is 1. The van der Waals surface area contributed by atoms with E-state index in [1.165, 1.54) is 31.4 Å². The molecule has 0 aliphatic rings. The van der Waals surface area contributed by atoms with E-state index < -0.39 is 12.1 Å². The summed E-state index contributed by atoms with van der Waals surface area (Å²) in [4.78, 5) is 15.2. The molecule has 2 aromatic rings. The second-order valence-electron chi connectivity index (χ2n) is 8.04. The van der Waals surface area contributed by atoms with Gasteiger partial charge in [0.05, 0.1) is 7.11 Å². The number of anilines is 1. The highest BCUT2D eigenvalue weighted by molar-refractivity contribution is 6.34. The van der Waals surface area contributed by atoms with Crippen molar-refractivity contribution in [3.05, 3.63) is 58.1 Å². The first-order valence-corrected chi connectivity index (χ1v) is 12.4. The van der Waals surface area contributed by atoms with Crippen molar-refractivity contribution in [1.82, 2.24) is 4.90 Å². The number of methoxy groups -OCH3 is 1. The Labute approximate surface area is 220 Å². The van der Waals surface area contributed by atoms with Crippen molar-refractivity contribution in [2.75, 3.05) is 44.8 Å². The van der Waals surface area contributed by atoms with E-state index in [2.05, 4.69) is 18.7 Å². The minimum atomic E-state index is -5.06. The van der Waals surface area contributed by atoms with Gasteiger partial charge in [-0.05, 0) is 61.8 Å². The Bertz CT molecular complexity index is 1010. The van der Waals surface area contributed by atoms with Gasteiger partial charge in [-0.15, -0.1) is 0 Å². The molecule has 5 nitrogen and oxygen atoms in total. The van der Waals surface area contributed by atoms with Crippen LogP contribution in [0.3, 0.4) is 0 Å². The molecule has 0 radical (unpaired) electrons. The van der Waals surface area contributed by atoms with E-state index in [0.29, 0.717) is 39.4 Å². The number of rotatable bonds is 13. The van der Waals surface area contributed by atoms with Crippen LogP contribution in [0.5, 0.6) is 11.5 Å². The molecule has 0 fully saturated rings. The largest absolute Gasteiger partial charge is 0.493 e. The Morgan fingerprint density at radius 3 is 2.17 bits per heavy atom. The summed E-state index contributed by atoms with van der Waals surface area (Å²) in [7, 11) is 1.44. The summed E-state index contributed by atoms with van der Waals surface area (Å²) in [6.07, 6.45) is -0.0748. The fourth-order valence-corrected chi connectivity index (χ4v) is 4.17. The highest BCUT2D eigenvalue weighted by atomic mass is 35.5. The molecule has 0 N–H and O–H groups in total. The van der Waals surface area contributed by atoms with Crippen LogP contribution < -0.4 is 14.4 Å². The molecule has 0 aliphatic heterocycles. The molecule has 0 aliphatic carbocycles. The number of benzene rings is 2. The van der Waals surface area contributed by atoms with Crippen molar-refractivity contribution in [3.63, 3.8) is 0 Å². The molecule has 0 atom stereocenters. The lowest BCUT2D eigenvalue weighted by atomic mass is 10.2. The van der Waals surface area contributed by atoms with E-state index in [-0.39, 0.29) is 18.0 Å². The van der Waals surface area contributed by atoms with Crippen LogP contribution in [-0.4, -0.2) is 56.9 Å². The summed E-state index contributed by atoms with van der Waals surface area (Å²) in [6.45, 7) is 6.68. The van der Waals surface area contributed by atoms with Gasteiger partial charge in [-0.3, -0.25) is 9.69 Å². The van der Waals surface area contributed by atoms with Crippen LogP contribution >= 0.6 is 23.2 Å². The number of halogens is 5. The van der Waals surface area contributed by atoms with Crippen LogP contribution in [0.25, 0.3) is 6.08 Å². The van der Waals surface area contributed by atoms with Gasteiger partial charge in [0.1, 0.15) is 6.61 Å². The quantitative estimate of drug-likeness (QED) is 0.268. The molecule has 0 unspecified atom stereocenters. The Hall–Kier alpha value is -2.42. The van der Waals surface area contributed by atoms with Gasteiger partial charge in [0, 0.05) is 34.9 Å². The van der Waals surface area contributed by atoms with E-state index in [9.17, 15) is 18.0 Å². The van der Waals surface area contributed by atoms with Crippen molar-refractivity contribution in [2.24, 2.45) is 0 Å². The molecular formula is C26H31Cl2F3N2O3. The van der Waals surface area contributed by atoms with Crippen molar-refractivity contribution in [2.45, 2.75) is 32.9 Å². The molecule has 2 aromatic carbocycles. The third-order valence-electron chi connectivity index (χ3n) is 5.17. The van der Waals surface area contributed by atoms with E-state index in [0.717, 1.165) is 25.9 Å². The average Bonchev–Trinajstić information content (AvgIpc) is 2.80. The van der Waals surface area contributed by atoms with Gasteiger partial charge < -0.3 is 14.4 Å². The lowest BCUT2D eigenvalue weighted by Crippen LogP contribution is -2.41. The number of amides is 1. The SMILES string of the molecule is CCCN(CCC)CCOc1cc(N(C/C=C/c2cc(Cl)cc(Cl)c2)C(=O)C(F)(F)F)ccc1OC. The van der Waals surface area contributed by atoms with E-state index in [4.69, 9.17) is 32.7 Å². The standard InChI is InChI=1S/C26H31Cl2F3N2O3/c1-4-10-32(11-5-2)13-14-36-24-18-22(8-9-23(24)35-3)33(25(34)26(29,30)31)12-6-7-19-15-20(27)17-21(28)16-19/h6-9,15-18H,4-5,10-14H2,1-3H3/b7-6+. The van der Waals surface area contributed by atoms with Crippen LogP contribution in [0.15, 0.2) is 42.5 Å². The van der Waals surface area contributed by atoms with E-state index in [1.807, 2.05) is 0 Å². The zero-order valence-corrected chi connectivity index (χ0v) is 22.1. The van der Waals surface area contributed by atoms with Gasteiger partial charge in [-0.2, -0.15) is 13.2 Å². The maximum Gasteiger partial charge on any atom is 0.471 e. The first kappa shape index (κ1) is 29.8. The van der Waals surface area contributed by atoms with Crippen LogP contribution in [-0.2, 0) is 4.79 Å². The number of ether oxygens (including phenoxy) is 2. The molecule has 0 saturated heterocycles. The normalized spacial score (nSPS) is 11.8. The summed E-state index contributed by atoms with van der Waals surface area (Å²) in [5.41, 5.74) is 0.621. The summed E-state index contributed by atoms with van der Waals surface area (Å²) < 4.78 is 51.4. The molecule has 0 saturated carbocycles. The molecule has 0 bridgehead atoms. The van der Waals surface area contributed by atoms with Crippen molar-refractivity contribution in [3.8, 4) is 11.5 Å². The van der Waals surface area contributed by atoms with Crippen LogP contribution in [0, 0.1) is 0 Å². The second kappa shape index (κ2) is 14.4. The number of hydrogen-bond donors (Lipinski definition) is 0. The van der Waals surface area contributed by atoms with Crippen LogP contribution in [0.1, 0.15) is 32.3 Å². The van der Waals surface area contributed by atoms with E-state index in [1.54, 1.807) is 24.3 Å². The van der Waals surface area contributed by atoms with E-state index >= 15 is 0 Å². The first-order chi connectivity index (χ1) is 17.1. The Morgan fingerprint density at radius 1 is 0.972 bits per heavy atom. The lowest BCUT2D eigenvalue weighted by Gasteiger charge is -2.24. The number of alkyl halides is 3. The molecule has 0 aromatic heterocycles. The van der Waals surface area contributed by atoms with Crippen molar-refractivity contribution >= 4 is 40.9 Å². The maximum absolute atomic E-state index is 13.4. The van der Waals surface area contributed by atoms with Crippen molar-refractivity contribution < 1.29 is 27.4 Å². The van der Waals surface area contributed by atoms with Gasteiger partial charge in [0.15, 0.2) is 11.5 Å². The fourth-order valence-electron chi connectivity index (χ4n) is 3.62. The topological polar surface area (TPSA) is 42.0 Å². The molecule has 2 rings (SSSR count). The van der Waals surface area contributed by atoms with Crippen LogP contribution in [0.4, 0.5) is 18.9 Å². The zero-order chi connectivity index (χ0) is 26.7. The smallest absolute Gasteiger partial charge is 0.471 e. The van der Waals surface area contributed by atoms with Gasteiger partial charge >= 0.3 is 12.1 Å². The second-order valence-corrected chi connectivity index (χ2v) is 8.92. The van der Waals surface area contributed by atoms with Crippen molar-refractivity contribution in [1.29, 1.82) is 0 Å². The number of nitrogens with zero attached hydrogens (tertiary/aromatic N) is 2. The minimum absolute atomic E-state index is 0.0286. The zero-order valence-electron chi connectivity index (χ0n) is 20.6. The Morgan fingerprint density at radius 2 is 1.61 bits per heavy atom. The van der Waals surface area contributed by atoms with Gasteiger partial charge in [0.2, 0.25) is 0 Å². The highest BCUT2D eigenvalue weighted by Crippen LogP contribution is 2.33. The summed E-state index contributed by atoms with van der Waals surface area (Å²) in [5, 5.41) is 0.775. The summed E-state index contributed by atoms with van der Waals surface area (Å²) >= 11 is 12.0. The summed E-state index contributed by atoms with van der Waals surface area (Å²) in [5.74, 6) is -1.38. The summed E-state index contributed by atoms with van der Waals surface area (Å²) in [6, 6.07) is 9.02. The Balaban J connectivity index is 2.27. The predicted octanol–water partition coefficient (Wildman–Crippen LogP) is 7.11. The number of hydrogen-bond acceptors (Lipinski definition) is 4. The third kappa shape index (κ3) is 9.22. The minimum Gasteiger partial charge on any atom is -0.493 e. The third-order valence-corrected chi connectivity index (χ3v) is 5.61. The predicted molar refractivity (Wildman–Crippen MR) is 139 cm³/mol. The van der Waals surface area contributed by atoms with Crippen LogP contribution in [0.2, 0.25) is 10.0 Å². The maximum atomic E-state index is 13.4. The number of carbonyl (C=O) groups excluding carboxylic acids is 1. The molecule has 0 heterocycles. The average molecular weight is 547 g/mol. The van der Waals surface area contributed by atoms with Gasteiger partial charge in [0.25, 0.3) is 0 Å².